The quantitative estimate of drug-likeness (QED) is 0.348. The van der Waals surface area contributed by atoms with Crippen LogP contribution in [0.15, 0.2) is 0 Å². The fourth-order valence-electron chi connectivity index (χ4n) is 5.25. The van der Waals surface area contributed by atoms with Gasteiger partial charge in [0.2, 0.25) is 0 Å². The molecule has 0 bridgehead atoms. The van der Waals surface area contributed by atoms with E-state index in [1.54, 1.807) is 0 Å². The maximum absolute atomic E-state index is 3.95. The number of hydrogen-bond acceptors (Lipinski definition) is 2. The molecule has 0 fully saturated rings. The lowest BCUT2D eigenvalue weighted by molar-refractivity contribution is 0.0768. The molecule has 0 saturated carbocycles. The minimum absolute atomic E-state index is 0.377. The van der Waals surface area contributed by atoms with Gasteiger partial charge in [0.25, 0.3) is 0 Å². The molecule has 1 N–H and O–H groups in total. The van der Waals surface area contributed by atoms with Crippen LogP contribution in [0.5, 0.6) is 0 Å². The van der Waals surface area contributed by atoms with Crippen LogP contribution in [0.4, 0.5) is 0 Å². The van der Waals surface area contributed by atoms with Gasteiger partial charge in [-0.25, -0.2) is 0 Å². The smallest absolute Gasteiger partial charge is 0.0123 e. The lowest BCUT2D eigenvalue weighted by atomic mass is 9.69. The van der Waals surface area contributed by atoms with Crippen LogP contribution in [0, 0.1) is 22.7 Å². The van der Waals surface area contributed by atoms with Crippen LogP contribution < -0.4 is 5.32 Å². The highest BCUT2D eigenvalue weighted by Crippen LogP contribution is 2.38. The van der Waals surface area contributed by atoms with Crippen LogP contribution in [0.1, 0.15) is 108 Å². The van der Waals surface area contributed by atoms with Gasteiger partial charge >= 0.3 is 0 Å². The zero-order chi connectivity index (χ0) is 21.3. The van der Waals surface area contributed by atoms with E-state index in [1.807, 2.05) is 0 Å². The molecule has 0 aliphatic carbocycles. The molecule has 0 heterocycles. The first-order chi connectivity index (χ1) is 12.5. The van der Waals surface area contributed by atoms with Crippen molar-refractivity contribution in [2.75, 3.05) is 20.1 Å². The van der Waals surface area contributed by atoms with Crippen LogP contribution >= 0.6 is 0 Å². The van der Waals surface area contributed by atoms with Crippen LogP contribution in [-0.2, 0) is 0 Å². The Bertz CT molecular complexity index is 371. The van der Waals surface area contributed by atoms with Gasteiger partial charge < -0.3 is 10.2 Å². The average Bonchev–Trinajstić information content (AvgIpc) is 2.57. The molecular weight excluding hydrogens is 328 g/mol. The van der Waals surface area contributed by atoms with Crippen LogP contribution in [0.3, 0.4) is 0 Å². The monoisotopic (exact) mass is 382 g/mol. The fourth-order valence-corrected chi connectivity index (χ4v) is 5.25. The molecule has 0 rings (SSSR count). The minimum Gasteiger partial charge on any atom is -0.312 e. The molecule has 4 unspecified atom stereocenters. The molecule has 0 aromatic heterocycles. The first-order valence-corrected chi connectivity index (χ1v) is 11.9. The number of likely N-dealkylation sites (N-methyl/N-ethyl adjacent to an activating group) is 1. The van der Waals surface area contributed by atoms with Crippen LogP contribution in [0.25, 0.3) is 0 Å². The molecular formula is C25H54N2. The van der Waals surface area contributed by atoms with Crippen molar-refractivity contribution >= 4 is 0 Å². The van der Waals surface area contributed by atoms with E-state index in [0.717, 1.165) is 19.0 Å². The van der Waals surface area contributed by atoms with Crippen molar-refractivity contribution in [3.05, 3.63) is 0 Å². The van der Waals surface area contributed by atoms with E-state index in [1.165, 1.54) is 38.5 Å². The highest BCUT2D eigenvalue weighted by Gasteiger charge is 2.36. The molecule has 0 spiro atoms. The van der Waals surface area contributed by atoms with Crippen molar-refractivity contribution in [3.8, 4) is 0 Å². The SMILES string of the molecule is CCCC(C(CC)N(C)CCNC(CC)C(C)(CCC)C(C)C)C(C)(C)C. The van der Waals surface area contributed by atoms with Crippen LogP contribution in [0.2, 0.25) is 0 Å². The predicted molar refractivity (Wildman–Crippen MR) is 124 cm³/mol. The molecule has 0 amide bonds. The highest BCUT2D eigenvalue weighted by molar-refractivity contribution is 4.90. The molecule has 0 aliphatic rings. The molecule has 27 heavy (non-hydrogen) atoms. The summed E-state index contributed by atoms with van der Waals surface area (Å²) in [7, 11) is 2.35. The van der Waals surface area contributed by atoms with E-state index in [0.29, 0.717) is 28.8 Å². The summed E-state index contributed by atoms with van der Waals surface area (Å²) in [6.07, 6.45) is 7.66. The summed E-state index contributed by atoms with van der Waals surface area (Å²) < 4.78 is 0. The molecule has 0 radical (unpaired) electrons. The third-order valence-corrected chi connectivity index (χ3v) is 7.33. The highest BCUT2D eigenvalue weighted by atomic mass is 15.2. The summed E-state index contributed by atoms with van der Waals surface area (Å²) in [6, 6.07) is 1.29. The normalized spacial score (nSPS) is 18.6. The first-order valence-electron chi connectivity index (χ1n) is 11.9. The summed E-state index contributed by atoms with van der Waals surface area (Å²) >= 11 is 0. The van der Waals surface area contributed by atoms with E-state index in [4.69, 9.17) is 0 Å². The Morgan fingerprint density at radius 3 is 1.85 bits per heavy atom. The van der Waals surface area contributed by atoms with Crippen molar-refractivity contribution in [2.24, 2.45) is 22.7 Å². The van der Waals surface area contributed by atoms with E-state index in [2.05, 4.69) is 86.5 Å². The zero-order valence-corrected chi connectivity index (χ0v) is 20.9. The summed E-state index contributed by atoms with van der Waals surface area (Å²) in [5.41, 5.74) is 0.768. The van der Waals surface area contributed by atoms with E-state index in [-0.39, 0.29) is 0 Å². The average molecular weight is 383 g/mol. The van der Waals surface area contributed by atoms with Gasteiger partial charge in [0.15, 0.2) is 0 Å². The van der Waals surface area contributed by atoms with Gasteiger partial charge in [-0.15, -0.1) is 0 Å². The summed E-state index contributed by atoms with van der Waals surface area (Å²) in [5.74, 6) is 1.48. The Kier molecular flexibility index (Phi) is 12.4. The lowest BCUT2D eigenvalue weighted by Crippen LogP contribution is -2.50. The Hall–Kier alpha value is -0.0800. The van der Waals surface area contributed by atoms with E-state index >= 15 is 0 Å². The third kappa shape index (κ3) is 8.05. The first kappa shape index (κ1) is 26.9. The topological polar surface area (TPSA) is 15.3 Å². The summed E-state index contributed by atoms with van der Waals surface area (Å²) in [4.78, 5) is 2.64. The molecule has 0 saturated heterocycles. The van der Waals surface area contributed by atoms with Crippen molar-refractivity contribution < 1.29 is 0 Å². The summed E-state index contributed by atoms with van der Waals surface area (Å²) in [6.45, 7) is 26.2. The maximum atomic E-state index is 3.95. The van der Waals surface area contributed by atoms with Crippen molar-refractivity contribution in [2.45, 2.75) is 120 Å². The summed E-state index contributed by atoms with van der Waals surface area (Å²) in [5, 5.41) is 3.95. The Morgan fingerprint density at radius 2 is 1.48 bits per heavy atom. The zero-order valence-electron chi connectivity index (χ0n) is 20.9. The standard InChI is InChI=1S/C25H54N2/c1-12-16-21(24(7,8)9)22(14-3)27(11)19-18-26-23(15-4)25(10,17-13-2)20(5)6/h20-23,26H,12-19H2,1-11H3. The number of hydrogen-bond donors (Lipinski definition) is 1. The van der Waals surface area contributed by atoms with Gasteiger partial charge in [-0.3, -0.25) is 0 Å². The second-order valence-corrected chi connectivity index (χ2v) is 10.5. The molecule has 0 aliphatic heterocycles. The maximum Gasteiger partial charge on any atom is 0.0123 e. The minimum atomic E-state index is 0.377. The third-order valence-electron chi connectivity index (χ3n) is 7.33. The molecule has 2 nitrogen and oxygen atoms in total. The predicted octanol–water partition coefficient (Wildman–Crippen LogP) is 6.99. The van der Waals surface area contributed by atoms with Gasteiger partial charge in [-0.2, -0.15) is 0 Å². The molecule has 164 valence electrons. The van der Waals surface area contributed by atoms with Gasteiger partial charge in [-0.1, -0.05) is 82.1 Å². The second-order valence-electron chi connectivity index (χ2n) is 10.5. The van der Waals surface area contributed by atoms with Crippen molar-refractivity contribution in [1.82, 2.24) is 10.2 Å². The molecule has 0 aromatic carbocycles. The van der Waals surface area contributed by atoms with Crippen molar-refractivity contribution in [1.29, 1.82) is 0 Å². The molecule has 4 atom stereocenters. The number of nitrogens with zero attached hydrogens (tertiary/aromatic N) is 1. The largest absolute Gasteiger partial charge is 0.312 e. The molecule has 0 aromatic rings. The Balaban J connectivity index is 4.96. The molecule has 2 heteroatoms. The van der Waals surface area contributed by atoms with E-state index < -0.39 is 0 Å². The fraction of sp³-hybridized carbons (Fsp3) is 1.00. The Labute approximate surface area is 173 Å². The number of rotatable bonds is 14. The Morgan fingerprint density at radius 1 is 0.889 bits per heavy atom. The lowest BCUT2D eigenvalue weighted by Gasteiger charge is -2.43. The second kappa shape index (κ2) is 12.5. The van der Waals surface area contributed by atoms with Gasteiger partial charge in [0, 0.05) is 25.2 Å². The van der Waals surface area contributed by atoms with Gasteiger partial charge in [0.1, 0.15) is 0 Å². The van der Waals surface area contributed by atoms with Gasteiger partial charge in [0.05, 0.1) is 0 Å². The van der Waals surface area contributed by atoms with Gasteiger partial charge in [-0.05, 0) is 55.4 Å². The van der Waals surface area contributed by atoms with Crippen LogP contribution in [-0.4, -0.2) is 37.1 Å². The van der Waals surface area contributed by atoms with E-state index in [9.17, 15) is 0 Å². The van der Waals surface area contributed by atoms with Crippen molar-refractivity contribution in [3.63, 3.8) is 0 Å². The number of nitrogens with one attached hydrogen (secondary N) is 1.